The first-order valence-corrected chi connectivity index (χ1v) is 14.3. The number of hydrogen-bond donors (Lipinski definition) is 2. The van der Waals surface area contributed by atoms with E-state index in [4.69, 9.17) is 16.3 Å². The van der Waals surface area contributed by atoms with Gasteiger partial charge < -0.3 is 20.3 Å². The highest BCUT2D eigenvalue weighted by molar-refractivity contribution is 6.34. The minimum atomic E-state index is -0.571. The summed E-state index contributed by atoms with van der Waals surface area (Å²) in [5.74, 6) is -0.174. The van der Waals surface area contributed by atoms with Gasteiger partial charge in [-0.2, -0.15) is 0 Å². The molecule has 2 saturated heterocycles. The summed E-state index contributed by atoms with van der Waals surface area (Å²) in [7, 11) is 0. The number of anilines is 2. The normalized spacial score (nSPS) is 17.3. The van der Waals surface area contributed by atoms with Crippen molar-refractivity contribution in [1.29, 1.82) is 0 Å². The molecule has 0 radical (unpaired) electrons. The van der Waals surface area contributed by atoms with E-state index in [0.29, 0.717) is 30.3 Å². The van der Waals surface area contributed by atoms with Crippen molar-refractivity contribution in [3.8, 4) is 0 Å². The van der Waals surface area contributed by atoms with Crippen molar-refractivity contribution in [2.45, 2.75) is 38.2 Å². The molecule has 2 aliphatic heterocycles. The zero-order valence-electron chi connectivity index (χ0n) is 22.7. The molecule has 2 N–H and O–H groups in total. The molecule has 214 valence electrons. The molecule has 41 heavy (non-hydrogen) atoms. The van der Waals surface area contributed by atoms with Crippen molar-refractivity contribution in [2.24, 2.45) is 5.92 Å². The Morgan fingerprint density at radius 3 is 2.44 bits per heavy atom. The first-order valence-electron chi connectivity index (χ1n) is 14.0. The number of hydrogen-bond acceptors (Lipinski definition) is 6. The maximum absolute atomic E-state index is 13.4. The molecule has 5 rings (SSSR count). The van der Waals surface area contributed by atoms with Crippen LogP contribution < -0.4 is 15.5 Å². The second-order valence-electron chi connectivity index (χ2n) is 10.6. The fourth-order valence-electron chi connectivity index (χ4n) is 5.50. The van der Waals surface area contributed by atoms with Gasteiger partial charge in [-0.15, -0.1) is 0 Å². The molecule has 10 heteroatoms. The van der Waals surface area contributed by atoms with Crippen LogP contribution in [-0.2, 0) is 11.2 Å². The van der Waals surface area contributed by atoms with Gasteiger partial charge in [0.25, 0.3) is 17.5 Å². The molecule has 2 aliphatic rings. The van der Waals surface area contributed by atoms with Crippen molar-refractivity contribution >= 4 is 40.5 Å². The van der Waals surface area contributed by atoms with Gasteiger partial charge in [0.15, 0.2) is 0 Å². The van der Waals surface area contributed by atoms with Crippen LogP contribution in [0.15, 0.2) is 66.7 Å². The summed E-state index contributed by atoms with van der Waals surface area (Å²) < 4.78 is 5.67. The zero-order chi connectivity index (χ0) is 28.8. The molecule has 0 aliphatic carbocycles. The van der Waals surface area contributed by atoms with Crippen molar-refractivity contribution < 1.29 is 19.2 Å². The topological polar surface area (TPSA) is 114 Å². The predicted molar refractivity (Wildman–Crippen MR) is 159 cm³/mol. The van der Waals surface area contributed by atoms with Crippen molar-refractivity contribution in [1.82, 2.24) is 5.32 Å². The molecule has 1 unspecified atom stereocenters. The van der Waals surface area contributed by atoms with Crippen molar-refractivity contribution in [3.63, 3.8) is 0 Å². The van der Waals surface area contributed by atoms with E-state index >= 15 is 0 Å². The maximum atomic E-state index is 13.4. The first kappa shape index (κ1) is 28.6. The molecule has 2 amide bonds. The molecule has 2 fully saturated rings. The van der Waals surface area contributed by atoms with E-state index in [1.165, 1.54) is 17.7 Å². The highest BCUT2D eigenvalue weighted by Gasteiger charge is 2.25. The van der Waals surface area contributed by atoms with E-state index in [9.17, 15) is 19.7 Å². The standard InChI is InChI=1S/C31H33ClN4O5/c32-28-19-24(36(39)40)9-10-26(28)31(38)34-23-8-11-29(27(18-23)30(37)33-20-25-7-4-16-41-25)35-14-12-22(13-15-35)17-21-5-2-1-3-6-21/h1-3,5-6,8-11,18-19,22,25H,4,7,12-17,20H2,(H,33,37)(H,34,38). The number of carbonyl (C=O) groups is 2. The van der Waals surface area contributed by atoms with E-state index < -0.39 is 10.8 Å². The van der Waals surface area contributed by atoms with Crippen molar-refractivity contribution in [2.75, 3.05) is 36.5 Å². The Hall–Kier alpha value is -3.95. The Morgan fingerprint density at radius 1 is 0.976 bits per heavy atom. The lowest BCUT2D eigenvalue weighted by molar-refractivity contribution is -0.384. The molecular formula is C31H33ClN4O5. The second-order valence-corrected chi connectivity index (χ2v) is 11.0. The highest BCUT2D eigenvalue weighted by atomic mass is 35.5. The summed E-state index contributed by atoms with van der Waals surface area (Å²) in [4.78, 5) is 39.1. The van der Waals surface area contributed by atoms with Gasteiger partial charge in [0.05, 0.1) is 27.2 Å². The van der Waals surface area contributed by atoms with Crippen LogP contribution in [0.2, 0.25) is 5.02 Å². The lowest BCUT2D eigenvalue weighted by atomic mass is 9.89. The number of piperidine rings is 1. The molecule has 9 nitrogen and oxygen atoms in total. The van der Waals surface area contributed by atoms with E-state index in [2.05, 4.69) is 39.8 Å². The van der Waals surface area contributed by atoms with Gasteiger partial charge in [-0.25, -0.2) is 0 Å². The average molecular weight is 577 g/mol. The third kappa shape index (κ3) is 7.23. The first-order chi connectivity index (χ1) is 19.9. The van der Waals surface area contributed by atoms with E-state index in [0.717, 1.165) is 56.9 Å². The summed E-state index contributed by atoms with van der Waals surface area (Å²) in [5.41, 5.74) is 2.96. The van der Waals surface area contributed by atoms with Crippen LogP contribution in [0.5, 0.6) is 0 Å². The van der Waals surface area contributed by atoms with Gasteiger partial charge in [0, 0.05) is 49.7 Å². The number of non-ortho nitro benzene ring substituents is 1. The highest BCUT2D eigenvalue weighted by Crippen LogP contribution is 2.31. The fourth-order valence-corrected chi connectivity index (χ4v) is 5.76. The summed E-state index contributed by atoms with van der Waals surface area (Å²) in [6.07, 6.45) is 4.97. The number of rotatable bonds is 9. The van der Waals surface area contributed by atoms with Crippen LogP contribution in [0.3, 0.4) is 0 Å². The largest absolute Gasteiger partial charge is 0.376 e. The Labute approximate surface area is 244 Å². The van der Waals surface area contributed by atoms with E-state index in [1.54, 1.807) is 12.1 Å². The average Bonchev–Trinajstić information content (AvgIpc) is 3.50. The summed E-state index contributed by atoms with van der Waals surface area (Å²) >= 11 is 6.16. The molecular weight excluding hydrogens is 544 g/mol. The number of halogens is 1. The lowest BCUT2D eigenvalue weighted by Gasteiger charge is -2.35. The Morgan fingerprint density at radius 2 is 1.76 bits per heavy atom. The maximum Gasteiger partial charge on any atom is 0.270 e. The third-order valence-corrected chi connectivity index (χ3v) is 8.06. The number of benzene rings is 3. The Bertz CT molecular complexity index is 1400. The third-order valence-electron chi connectivity index (χ3n) is 7.74. The van der Waals surface area contributed by atoms with E-state index in [1.807, 2.05) is 12.1 Å². The van der Waals surface area contributed by atoms with Crippen LogP contribution in [0.1, 0.15) is 52.0 Å². The predicted octanol–water partition coefficient (Wildman–Crippen LogP) is 5.87. The van der Waals surface area contributed by atoms with Gasteiger partial charge in [-0.05, 0) is 67.9 Å². The van der Waals surface area contributed by atoms with Crippen LogP contribution in [0.25, 0.3) is 0 Å². The van der Waals surface area contributed by atoms with E-state index in [-0.39, 0.29) is 28.3 Å². The number of nitrogens with one attached hydrogen (secondary N) is 2. The SMILES string of the molecule is O=C(Nc1ccc(N2CCC(Cc3ccccc3)CC2)c(C(=O)NCC2CCCO2)c1)c1ccc([N+](=O)[O-])cc1Cl. The summed E-state index contributed by atoms with van der Waals surface area (Å²) in [6.45, 7) is 2.78. The number of amides is 2. The van der Waals surface area contributed by atoms with Crippen molar-refractivity contribution in [3.05, 3.63) is 98.6 Å². The smallest absolute Gasteiger partial charge is 0.270 e. The number of nitrogens with zero attached hydrogens (tertiary/aromatic N) is 2. The minimum absolute atomic E-state index is 0.00305. The monoisotopic (exact) mass is 576 g/mol. The lowest BCUT2D eigenvalue weighted by Crippen LogP contribution is -2.37. The zero-order valence-corrected chi connectivity index (χ0v) is 23.4. The van der Waals surface area contributed by atoms with Crippen LogP contribution >= 0.6 is 11.6 Å². The number of nitro groups is 1. The summed E-state index contributed by atoms with van der Waals surface area (Å²) in [5, 5.41) is 16.8. The molecule has 0 bridgehead atoms. The molecule has 2 heterocycles. The number of carbonyl (C=O) groups excluding carboxylic acids is 2. The molecule has 0 aromatic heterocycles. The van der Waals surface area contributed by atoms with Crippen LogP contribution in [0.4, 0.5) is 17.1 Å². The number of ether oxygens (including phenoxy) is 1. The van der Waals surface area contributed by atoms with Gasteiger partial charge >= 0.3 is 0 Å². The fraction of sp³-hybridized carbons (Fsp3) is 0.355. The molecule has 3 aromatic rings. The summed E-state index contributed by atoms with van der Waals surface area (Å²) in [6, 6.07) is 19.5. The number of nitro benzene ring substituents is 1. The molecule has 3 aromatic carbocycles. The van der Waals surface area contributed by atoms with Gasteiger partial charge in [0.2, 0.25) is 0 Å². The van der Waals surface area contributed by atoms with Crippen LogP contribution in [0, 0.1) is 16.0 Å². The minimum Gasteiger partial charge on any atom is -0.376 e. The second kappa shape index (κ2) is 13.1. The van der Waals surface area contributed by atoms with Gasteiger partial charge in [-0.3, -0.25) is 19.7 Å². The van der Waals surface area contributed by atoms with Gasteiger partial charge in [-0.1, -0.05) is 41.9 Å². The molecule has 1 atom stereocenters. The van der Waals surface area contributed by atoms with Crippen LogP contribution in [-0.4, -0.2) is 49.1 Å². The molecule has 0 spiro atoms. The Kier molecular flexibility index (Phi) is 9.16. The molecule has 0 saturated carbocycles. The Balaban J connectivity index is 1.32. The van der Waals surface area contributed by atoms with Gasteiger partial charge in [0.1, 0.15) is 0 Å². The quantitative estimate of drug-likeness (QED) is 0.243.